The first-order valence-electron chi connectivity index (χ1n) is 11.2. The van der Waals surface area contributed by atoms with Gasteiger partial charge in [0.2, 0.25) is 5.88 Å². The van der Waals surface area contributed by atoms with Gasteiger partial charge in [0.25, 0.3) is 0 Å². The van der Waals surface area contributed by atoms with Crippen LogP contribution in [0.25, 0.3) is 11.3 Å². The summed E-state index contributed by atoms with van der Waals surface area (Å²) in [7, 11) is -3.51. The average Bonchev–Trinajstić information content (AvgIpc) is 3.38. The number of alkyl halides is 1. The fourth-order valence-corrected chi connectivity index (χ4v) is 3.76. The molecule has 11 heteroatoms. The number of carbonyl (C=O) groups excluding carboxylic acids is 1. The lowest BCUT2D eigenvalue weighted by atomic mass is 10.1. The van der Waals surface area contributed by atoms with Crippen LogP contribution in [0.2, 0.25) is 0 Å². The lowest BCUT2D eigenvalue weighted by Crippen LogP contribution is -2.13. The van der Waals surface area contributed by atoms with Crippen LogP contribution in [0.5, 0.6) is 17.4 Å². The van der Waals surface area contributed by atoms with Crippen LogP contribution in [0.1, 0.15) is 23.0 Å². The Morgan fingerprint density at radius 1 is 1.03 bits per heavy atom. The average molecular weight is 526 g/mol. The molecule has 0 radical (unpaired) electrons. The van der Waals surface area contributed by atoms with E-state index >= 15 is 0 Å². The molecular formula is C26H24FN3O6S. The van der Waals surface area contributed by atoms with Crippen molar-refractivity contribution in [2.24, 2.45) is 0 Å². The number of halogens is 1. The van der Waals surface area contributed by atoms with Crippen molar-refractivity contribution >= 4 is 15.8 Å². The third-order valence-corrected chi connectivity index (χ3v) is 6.04. The predicted molar refractivity (Wildman–Crippen MR) is 133 cm³/mol. The van der Waals surface area contributed by atoms with Gasteiger partial charge in [0, 0.05) is 23.6 Å². The Hall–Kier alpha value is -4.25. The molecule has 4 aromatic rings. The molecule has 1 atom stereocenters. The Labute approximate surface area is 213 Å². The Morgan fingerprint density at radius 2 is 1.78 bits per heavy atom. The van der Waals surface area contributed by atoms with Crippen molar-refractivity contribution in [3.63, 3.8) is 0 Å². The van der Waals surface area contributed by atoms with Crippen LogP contribution in [-0.2, 0) is 21.2 Å². The zero-order chi connectivity index (χ0) is 26.4. The van der Waals surface area contributed by atoms with Gasteiger partial charge in [-0.05, 0) is 36.8 Å². The maximum Gasteiger partial charge on any atom is 0.355 e. The van der Waals surface area contributed by atoms with Crippen LogP contribution in [0.15, 0.2) is 78.1 Å². The summed E-state index contributed by atoms with van der Waals surface area (Å²) in [5, 5.41) is -0.188. The highest BCUT2D eigenvalue weighted by molar-refractivity contribution is 7.90. The van der Waals surface area contributed by atoms with Crippen LogP contribution in [-0.4, -0.2) is 48.4 Å². The minimum absolute atomic E-state index is 0.0469. The molecule has 0 bridgehead atoms. The highest BCUT2D eigenvalue weighted by Crippen LogP contribution is 2.32. The SMILES string of the molecule is C[C@@H](CF)Oc1cc(Oc2cnc(S(C)(=O)=O)cn2)cc(-c2ccc(C(=O)OCc3ccccc3)[nH]2)c1. The van der Waals surface area contributed by atoms with E-state index in [1.807, 2.05) is 30.3 Å². The molecule has 2 heterocycles. The zero-order valence-corrected chi connectivity index (χ0v) is 20.9. The van der Waals surface area contributed by atoms with Gasteiger partial charge in [-0.15, -0.1) is 0 Å². The number of carbonyl (C=O) groups is 1. The summed E-state index contributed by atoms with van der Waals surface area (Å²) in [4.78, 5) is 23.4. The summed E-state index contributed by atoms with van der Waals surface area (Å²) in [6.45, 7) is 1.02. The maximum absolute atomic E-state index is 13.1. The number of H-pyrrole nitrogens is 1. The Morgan fingerprint density at radius 3 is 2.46 bits per heavy atom. The lowest BCUT2D eigenvalue weighted by Gasteiger charge is -2.14. The monoisotopic (exact) mass is 525 g/mol. The van der Waals surface area contributed by atoms with Crippen LogP contribution >= 0.6 is 0 Å². The molecule has 0 aliphatic rings. The standard InChI is InChI=1S/C26H24FN3O6S/c1-17(13-27)35-20-10-19(11-21(12-20)36-24-14-29-25(15-28-24)37(2,32)33)22-8-9-23(30-22)26(31)34-16-18-6-4-3-5-7-18/h3-12,14-15,17,30H,13,16H2,1-2H3/t17-/m0/s1. The number of aromatic amines is 1. The van der Waals surface area contributed by atoms with Gasteiger partial charge >= 0.3 is 5.97 Å². The Bertz CT molecular complexity index is 1470. The second-order valence-corrected chi connectivity index (χ2v) is 10.2. The summed E-state index contributed by atoms with van der Waals surface area (Å²) >= 11 is 0. The minimum atomic E-state index is -3.51. The predicted octanol–water partition coefficient (Wildman–Crippen LogP) is 4.76. The number of hydrogen-bond acceptors (Lipinski definition) is 8. The van der Waals surface area contributed by atoms with E-state index in [2.05, 4.69) is 15.0 Å². The molecule has 2 aromatic carbocycles. The molecule has 0 unspecified atom stereocenters. The summed E-state index contributed by atoms with van der Waals surface area (Å²) in [5.74, 6) is 0.126. The summed E-state index contributed by atoms with van der Waals surface area (Å²) < 4.78 is 53.1. The minimum Gasteiger partial charge on any atom is -0.488 e. The highest BCUT2D eigenvalue weighted by Gasteiger charge is 2.15. The van der Waals surface area contributed by atoms with E-state index < -0.39 is 28.6 Å². The number of rotatable bonds is 10. The lowest BCUT2D eigenvalue weighted by molar-refractivity contribution is 0.0466. The normalized spacial score (nSPS) is 12.1. The van der Waals surface area contributed by atoms with Crippen LogP contribution in [0.3, 0.4) is 0 Å². The third kappa shape index (κ3) is 6.91. The molecule has 0 saturated carbocycles. The van der Waals surface area contributed by atoms with Gasteiger partial charge in [-0.25, -0.2) is 27.6 Å². The molecule has 0 aliphatic carbocycles. The molecule has 37 heavy (non-hydrogen) atoms. The molecule has 0 amide bonds. The van der Waals surface area contributed by atoms with E-state index in [9.17, 15) is 17.6 Å². The maximum atomic E-state index is 13.1. The third-order valence-electron chi connectivity index (χ3n) is 5.07. The number of nitrogens with one attached hydrogen (secondary N) is 1. The van der Waals surface area contributed by atoms with Crippen LogP contribution in [0.4, 0.5) is 4.39 Å². The van der Waals surface area contributed by atoms with Gasteiger partial charge in [0.15, 0.2) is 14.9 Å². The fraction of sp³-hybridized carbons (Fsp3) is 0.192. The number of benzene rings is 2. The zero-order valence-electron chi connectivity index (χ0n) is 20.0. The summed E-state index contributed by atoms with van der Waals surface area (Å²) in [6, 6.07) is 17.5. The van der Waals surface area contributed by atoms with Gasteiger partial charge in [-0.3, -0.25) is 0 Å². The summed E-state index contributed by atoms with van der Waals surface area (Å²) in [5.41, 5.74) is 2.26. The van der Waals surface area contributed by atoms with Gasteiger partial charge in [-0.1, -0.05) is 30.3 Å². The molecule has 192 valence electrons. The molecule has 1 N–H and O–H groups in total. The number of ether oxygens (including phenoxy) is 3. The molecule has 0 fully saturated rings. The Balaban J connectivity index is 1.56. The molecule has 0 saturated heterocycles. The second-order valence-electron chi connectivity index (χ2n) is 8.19. The second kappa shape index (κ2) is 11.2. The van der Waals surface area contributed by atoms with Gasteiger partial charge in [0.05, 0.1) is 12.4 Å². The molecular weight excluding hydrogens is 501 g/mol. The highest BCUT2D eigenvalue weighted by atomic mass is 32.2. The van der Waals surface area contributed by atoms with Gasteiger partial charge in [-0.2, -0.15) is 0 Å². The molecule has 0 spiro atoms. The van der Waals surface area contributed by atoms with E-state index in [-0.39, 0.29) is 29.0 Å². The molecule has 2 aromatic heterocycles. The topological polar surface area (TPSA) is 120 Å². The van der Waals surface area contributed by atoms with Crippen LogP contribution < -0.4 is 9.47 Å². The number of sulfone groups is 1. The molecule has 0 aliphatic heterocycles. The number of esters is 1. The van der Waals surface area contributed by atoms with Crippen molar-refractivity contribution in [1.29, 1.82) is 0 Å². The van der Waals surface area contributed by atoms with Crippen molar-refractivity contribution in [3.8, 4) is 28.6 Å². The van der Waals surface area contributed by atoms with E-state index in [1.165, 1.54) is 6.20 Å². The number of nitrogens with zero attached hydrogens (tertiary/aromatic N) is 2. The van der Waals surface area contributed by atoms with E-state index in [4.69, 9.17) is 14.2 Å². The van der Waals surface area contributed by atoms with Crippen molar-refractivity contribution in [2.45, 2.75) is 24.7 Å². The van der Waals surface area contributed by atoms with Crippen molar-refractivity contribution in [3.05, 3.63) is 84.3 Å². The Kier molecular flexibility index (Phi) is 7.83. The first-order chi connectivity index (χ1) is 17.7. The van der Waals surface area contributed by atoms with E-state index in [0.717, 1.165) is 18.0 Å². The number of hydrogen-bond donors (Lipinski definition) is 1. The first kappa shape index (κ1) is 25.8. The van der Waals surface area contributed by atoms with Crippen molar-refractivity contribution in [1.82, 2.24) is 15.0 Å². The largest absolute Gasteiger partial charge is 0.488 e. The molecule has 4 rings (SSSR count). The number of aromatic nitrogens is 3. The van der Waals surface area contributed by atoms with Gasteiger partial charge in [0.1, 0.15) is 36.6 Å². The van der Waals surface area contributed by atoms with Crippen LogP contribution in [0, 0.1) is 0 Å². The molecule has 9 nitrogen and oxygen atoms in total. The van der Waals surface area contributed by atoms with Gasteiger partial charge < -0.3 is 19.2 Å². The first-order valence-corrected chi connectivity index (χ1v) is 13.1. The van der Waals surface area contributed by atoms with E-state index in [0.29, 0.717) is 17.0 Å². The van der Waals surface area contributed by atoms with Crippen molar-refractivity contribution < 1.29 is 31.8 Å². The van der Waals surface area contributed by atoms with E-state index in [1.54, 1.807) is 37.3 Å². The summed E-state index contributed by atoms with van der Waals surface area (Å²) in [6.07, 6.45) is 2.60. The van der Waals surface area contributed by atoms with Crippen molar-refractivity contribution in [2.75, 3.05) is 12.9 Å². The smallest absolute Gasteiger partial charge is 0.355 e. The fourth-order valence-electron chi connectivity index (χ4n) is 3.27. The quantitative estimate of drug-likeness (QED) is 0.294.